The van der Waals surface area contributed by atoms with Crippen LogP contribution < -0.4 is 14.8 Å². The fourth-order valence-electron chi connectivity index (χ4n) is 1.66. The van der Waals surface area contributed by atoms with Crippen LogP contribution in [0, 0.1) is 5.92 Å². The minimum absolute atomic E-state index is 0.312. The van der Waals surface area contributed by atoms with E-state index in [4.69, 9.17) is 9.47 Å². The van der Waals surface area contributed by atoms with E-state index in [1.807, 2.05) is 0 Å². The molecule has 1 unspecified atom stereocenters. The largest absolute Gasteiger partial charge is 0.481 e. The van der Waals surface area contributed by atoms with Crippen LogP contribution in [-0.2, 0) is 0 Å². The molecule has 0 aliphatic rings. The number of nitrogens with one attached hydrogen (secondary N) is 1. The Kier molecular flexibility index (Phi) is 5.00. The highest BCUT2D eigenvalue weighted by molar-refractivity contribution is 5.34. The van der Waals surface area contributed by atoms with Crippen LogP contribution in [0.4, 0.5) is 5.95 Å². The van der Waals surface area contributed by atoms with E-state index < -0.39 is 0 Å². The number of ether oxygens (including phenoxy) is 2. The lowest BCUT2D eigenvalue weighted by molar-refractivity contribution is 0.372. The van der Waals surface area contributed by atoms with Gasteiger partial charge in [-0.15, -0.1) is 0 Å². The summed E-state index contributed by atoms with van der Waals surface area (Å²) in [5, 5.41) is 3.24. The van der Waals surface area contributed by atoms with Crippen LogP contribution in [0.1, 0.15) is 27.2 Å². The van der Waals surface area contributed by atoms with Gasteiger partial charge in [-0.3, -0.25) is 0 Å². The molecule has 0 aliphatic heterocycles. The zero-order chi connectivity index (χ0) is 12.8. The predicted octanol–water partition coefficient (Wildman–Crippen LogP) is 2.34. The zero-order valence-corrected chi connectivity index (χ0v) is 11.2. The summed E-state index contributed by atoms with van der Waals surface area (Å²) in [4.78, 5) is 8.45. The molecule has 0 fully saturated rings. The molecule has 17 heavy (non-hydrogen) atoms. The van der Waals surface area contributed by atoms with E-state index >= 15 is 0 Å². The molecule has 5 heteroatoms. The summed E-state index contributed by atoms with van der Waals surface area (Å²) in [6.07, 6.45) is 1.06. The van der Waals surface area contributed by atoms with Gasteiger partial charge in [0.15, 0.2) is 0 Å². The van der Waals surface area contributed by atoms with Crippen LogP contribution in [0.25, 0.3) is 0 Å². The molecule has 1 atom stereocenters. The number of nitrogens with zero attached hydrogens (tertiary/aromatic N) is 2. The van der Waals surface area contributed by atoms with Gasteiger partial charge in [0.25, 0.3) is 0 Å². The molecule has 0 bridgehead atoms. The first-order valence-electron chi connectivity index (χ1n) is 5.78. The molecule has 0 radical (unpaired) electrons. The van der Waals surface area contributed by atoms with Crippen molar-refractivity contribution >= 4 is 5.95 Å². The van der Waals surface area contributed by atoms with E-state index in [1.54, 1.807) is 20.3 Å². The van der Waals surface area contributed by atoms with Crippen LogP contribution in [-0.4, -0.2) is 30.2 Å². The quantitative estimate of drug-likeness (QED) is 0.825. The average molecular weight is 239 g/mol. The number of rotatable bonds is 6. The Hall–Kier alpha value is -1.52. The summed E-state index contributed by atoms with van der Waals surface area (Å²) in [6, 6.07) is 1.96. The smallest absolute Gasteiger partial charge is 0.229 e. The van der Waals surface area contributed by atoms with Gasteiger partial charge in [0.05, 0.1) is 20.3 Å². The zero-order valence-electron chi connectivity index (χ0n) is 11.2. The van der Waals surface area contributed by atoms with Crippen molar-refractivity contribution in [3.8, 4) is 11.8 Å². The number of hydrogen-bond acceptors (Lipinski definition) is 5. The maximum Gasteiger partial charge on any atom is 0.229 e. The third-order valence-electron chi connectivity index (χ3n) is 2.30. The highest BCUT2D eigenvalue weighted by Crippen LogP contribution is 2.18. The molecular weight excluding hydrogens is 218 g/mol. The normalized spacial score (nSPS) is 12.4. The highest BCUT2D eigenvalue weighted by atomic mass is 16.5. The molecule has 0 amide bonds. The van der Waals surface area contributed by atoms with E-state index in [9.17, 15) is 0 Å². The molecule has 0 saturated carbocycles. The molecule has 1 aromatic heterocycles. The Labute approximate surface area is 103 Å². The molecule has 1 N–H and O–H groups in total. The monoisotopic (exact) mass is 239 g/mol. The van der Waals surface area contributed by atoms with Crippen molar-refractivity contribution in [1.29, 1.82) is 0 Å². The first kappa shape index (κ1) is 13.5. The van der Waals surface area contributed by atoms with Crippen molar-refractivity contribution < 1.29 is 9.47 Å². The number of methoxy groups -OCH3 is 2. The van der Waals surface area contributed by atoms with Crippen molar-refractivity contribution in [2.24, 2.45) is 5.92 Å². The Balaban J connectivity index is 2.75. The lowest BCUT2D eigenvalue weighted by Crippen LogP contribution is -2.19. The summed E-state index contributed by atoms with van der Waals surface area (Å²) in [5.41, 5.74) is 0. The lowest BCUT2D eigenvalue weighted by atomic mass is 10.1. The second-order valence-corrected chi connectivity index (χ2v) is 4.45. The van der Waals surface area contributed by atoms with Gasteiger partial charge in [-0.25, -0.2) is 0 Å². The van der Waals surface area contributed by atoms with Crippen molar-refractivity contribution in [1.82, 2.24) is 9.97 Å². The number of aromatic nitrogens is 2. The number of anilines is 1. The van der Waals surface area contributed by atoms with Crippen LogP contribution in [0.3, 0.4) is 0 Å². The third kappa shape index (κ3) is 4.46. The Morgan fingerprint density at radius 2 is 1.65 bits per heavy atom. The Morgan fingerprint density at radius 3 is 2.06 bits per heavy atom. The van der Waals surface area contributed by atoms with Gasteiger partial charge >= 0.3 is 0 Å². The average Bonchev–Trinajstić information content (AvgIpc) is 2.27. The topological polar surface area (TPSA) is 56.3 Å². The molecule has 96 valence electrons. The molecule has 0 saturated heterocycles. The molecule has 1 heterocycles. The van der Waals surface area contributed by atoms with Crippen molar-refractivity contribution in [3.05, 3.63) is 6.07 Å². The molecule has 0 aliphatic carbocycles. The standard InChI is InChI=1S/C12H21N3O2/c1-8(2)6-9(3)13-12-14-10(16-4)7-11(15-12)17-5/h7-9H,6H2,1-5H3,(H,13,14,15). The molecule has 0 spiro atoms. The van der Waals surface area contributed by atoms with E-state index in [-0.39, 0.29) is 0 Å². The Bertz CT molecular complexity index is 333. The van der Waals surface area contributed by atoms with Gasteiger partial charge < -0.3 is 14.8 Å². The summed E-state index contributed by atoms with van der Waals surface area (Å²) >= 11 is 0. The van der Waals surface area contributed by atoms with E-state index in [0.29, 0.717) is 29.7 Å². The van der Waals surface area contributed by atoms with E-state index in [1.165, 1.54) is 0 Å². The van der Waals surface area contributed by atoms with Gasteiger partial charge in [0, 0.05) is 6.04 Å². The van der Waals surface area contributed by atoms with Gasteiger partial charge in [0.1, 0.15) is 0 Å². The highest BCUT2D eigenvalue weighted by Gasteiger charge is 2.09. The van der Waals surface area contributed by atoms with Gasteiger partial charge in [-0.05, 0) is 19.3 Å². The first-order chi connectivity index (χ1) is 8.05. The maximum atomic E-state index is 5.09. The fraction of sp³-hybridized carbons (Fsp3) is 0.667. The predicted molar refractivity (Wildman–Crippen MR) is 67.7 cm³/mol. The summed E-state index contributed by atoms with van der Waals surface area (Å²) < 4.78 is 10.2. The van der Waals surface area contributed by atoms with Crippen molar-refractivity contribution in [3.63, 3.8) is 0 Å². The van der Waals surface area contributed by atoms with Crippen molar-refractivity contribution in [2.45, 2.75) is 33.2 Å². The summed E-state index contributed by atoms with van der Waals surface area (Å²) in [7, 11) is 3.15. The maximum absolute atomic E-state index is 5.09. The summed E-state index contributed by atoms with van der Waals surface area (Å²) in [5.74, 6) is 2.16. The summed E-state index contributed by atoms with van der Waals surface area (Å²) in [6.45, 7) is 6.48. The molecular formula is C12H21N3O2. The number of hydrogen-bond donors (Lipinski definition) is 1. The molecule has 5 nitrogen and oxygen atoms in total. The van der Waals surface area contributed by atoms with E-state index in [0.717, 1.165) is 6.42 Å². The Morgan fingerprint density at radius 1 is 1.12 bits per heavy atom. The minimum Gasteiger partial charge on any atom is -0.481 e. The second kappa shape index (κ2) is 6.27. The van der Waals surface area contributed by atoms with Gasteiger partial charge in [-0.2, -0.15) is 9.97 Å². The van der Waals surface area contributed by atoms with Gasteiger partial charge in [0.2, 0.25) is 17.7 Å². The van der Waals surface area contributed by atoms with Crippen molar-refractivity contribution in [2.75, 3.05) is 19.5 Å². The van der Waals surface area contributed by atoms with Crippen LogP contribution in [0.5, 0.6) is 11.8 Å². The molecule has 0 aromatic carbocycles. The molecule has 1 rings (SSSR count). The van der Waals surface area contributed by atoms with Crippen LogP contribution in [0.2, 0.25) is 0 Å². The SMILES string of the molecule is COc1cc(OC)nc(NC(C)CC(C)C)n1. The van der Waals surface area contributed by atoms with Crippen LogP contribution >= 0.6 is 0 Å². The molecule has 1 aromatic rings. The fourth-order valence-corrected chi connectivity index (χ4v) is 1.66. The minimum atomic E-state index is 0.312. The van der Waals surface area contributed by atoms with E-state index in [2.05, 4.69) is 36.1 Å². The van der Waals surface area contributed by atoms with Crippen LogP contribution in [0.15, 0.2) is 6.07 Å². The first-order valence-corrected chi connectivity index (χ1v) is 5.78. The second-order valence-electron chi connectivity index (χ2n) is 4.45. The third-order valence-corrected chi connectivity index (χ3v) is 2.30. The lowest BCUT2D eigenvalue weighted by Gasteiger charge is -2.16. The van der Waals surface area contributed by atoms with Gasteiger partial charge in [-0.1, -0.05) is 13.8 Å².